The molecule has 6 heteroatoms. The van der Waals surface area contributed by atoms with Gasteiger partial charge in [-0.2, -0.15) is 0 Å². The fourth-order valence-corrected chi connectivity index (χ4v) is 2.15. The van der Waals surface area contributed by atoms with Crippen LogP contribution in [-0.4, -0.2) is 26.0 Å². The van der Waals surface area contributed by atoms with Crippen LogP contribution in [0, 0.1) is 0 Å². The van der Waals surface area contributed by atoms with Gasteiger partial charge in [-0.15, -0.1) is 0 Å². The normalized spacial score (nSPS) is 10.0. The Morgan fingerprint density at radius 2 is 1.91 bits per heavy atom. The van der Waals surface area contributed by atoms with Gasteiger partial charge in [0.15, 0.2) is 11.5 Å². The molecule has 0 fully saturated rings. The molecule has 0 amide bonds. The van der Waals surface area contributed by atoms with Crippen LogP contribution in [0.25, 0.3) is 0 Å². The van der Waals surface area contributed by atoms with Crippen LogP contribution in [0.1, 0.15) is 27.6 Å². The molecule has 0 aliphatic heterocycles. The summed E-state index contributed by atoms with van der Waals surface area (Å²) >= 11 is 6.09. The van der Waals surface area contributed by atoms with E-state index in [0.29, 0.717) is 29.8 Å². The molecule has 0 aromatic heterocycles. The zero-order valence-electron chi connectivity index (χ0n) is 12.7. The lowest BCUT2D eigenvalue weighted by molar-refractivity contribution is 0.0728. The average molecular weight is 335 g/mol. The number of esters is 1. The lowest BCUT2D eigenvalue weighted by Crippen LogP contribution is -2.10. The first-order valence-corrected chi connectivity index (χ1v) is 7.24. The molecule has 23 heavy (non-hydrogen) atoms. The highest BCUT2D eigenvalue weighted by Crippen LogP contribution is 2.37. The Labute approximate surface area is 138 Å². The van der Waals surface area contributed by atoms with Crippen LogP contribution in [0.2, 0.25) is 5.02 Å². The summed E-state index contributed by atoms with van der Waals surface area (Å²) in [6.45, 7) is 2.11. The Bertz CT molecular complexity index is 710. The van der Waals surface area contributed by atoms with E-state index in [1.54, 1.807) is 31.2 Å². The monoisotopic (exact) mass is 334 g/mol. The van der Waals surface area contributed by atoms with Gasteiger partial charge in [0, 0.05) is 5.56 Å². The standard InChI is InChI=1S/C17H15ClO5/c1-3-22-15-9-11(10-19)8-14(18)16(15)23-17(20)12-4-6-13(21-2)7-5-12/h4-10H,3H2,1-2H3. The van der Waals surface area contributed by atoms with Gasteiger partial charge in [-0.25, -0.2) is 4.79 Å². The van der Waals surface area contributed by atoms with Crippen molar-refractivity contribution < 1.29 is 23.8 Å². The van der Waals surface area contributed by atoms with Crippen LogP contribution >= 0.6 is 11.6 Å². The van der Waals surface area contributed by atoms with Crippen molar-refractivity contribution in [3.8, 4) is 17.2 Å². The minimum atomic E-state index is -0.589. The van der Waals surface area contributed by atoms with Gasteiger partial charge in [0.25, 0.3) is 0 Å². The molecule has 0 saturated heterocycles. The summed E-state index contributed by atoms with van der Waals surface area (Å²) in [6.07, 6.45) is 0.642. The fourth-order valence-electron chi connectivity index (χ4n) is 1.90. The first-order chi connectivity index (χ1) is 11.1. The van der Waals surface area contributed by atoms with Gasteiger partial charge in [0.1, 0.15) is 12.0 Å². The van der Waals surface area contributed by atoms with Crippen molar-refractivity contribution in [3.05, 3.63) is 52.5 Å². The molecule has 0 atom stereocenters. The van der Waals surface area contributed by atoms with Crippen molar-refractivity contribution >= 4 is 23.9 Å². The number of benzene rings is 2. The average Bonchev–Trinajstić information content (AvgIpc) is 2.57. The number of carbonyl (C=O) groups excluding carboxylic acids is 2. The molecule has 0 aliphatic carbocycles. The molecule has 120 valence electrons. The van der Waals surface area contributed by atoms with Crippen molar-refractivity contribution in [2.45, 2.75) is 6.92 Å². The van der Waals surface area contributed by atoms with E-state index >= 15 is 0 Å². The van der Waals surface area contributed by atoms with Crippen LogP contribution in [0.3, 0.4) is 0 Å². The highest BCUT2D eigenvalue weighted by molar-refractivity contribution is 6.32. The maximum Gasteiger partial charge on any atom is 0.343 e. The second-order valence-electron chi connectivity index (χ2n) is 4.50. The molecule has 0 saturated carbocycles. The van der Waals surface area contributed by atoms with Gasteiger partial charge in [0.05, 0.1) is 24.3 Å². The second-order valence-corrected chi connectivity index (χ2v) is 4.91. The molecular formula is C17H15ClO5. The highest BCUT2D eigenvalue weighted by atomic mass is 35.5. The lowest BCUT2D eigenvalue weighted by Gasteiger charge is -2.13. The number of halogens is 1. The Morgan fingerprint density at radius 1 is 1.22 bits per heavy atom. The topological polar surface area (TPSA) is 61.8 Å². The van der Waals surface area contributed by atoms with E-state index in [2.05, 4.69) is 0 Å². The number of hydrogen-bond donors (Lipinski definition) is 0. The second kappa shape index (κ2) is 7.65. The summed E-state index contributed by atoms with van der Waals surface area (Å²) in [7, 11) is 1.54. The lowest BCUT2D eigenvalue weighted by atomic mass is 10.2. The van der Waals surface area contributed by atoms with Crippen LogP contribution < -0.4 is 14.2 Å². The van der Waals surface area contributed by atoms with Crippen LogP contribution in [0.5, 0.6) is 17.2 Å². The molecule has 0 bridgehead atoms. The summed E-state index contributed by atoms with van der Waals surface area (Å²) < 4.78 is 15.8. The molecule has 5 nitrogen and oxygen atoms in total. The number of ether oxygens (including phenoxy) is 3. The Morgan fingerprint density at radius 3 is 2.48 bits per heavy atom. The molecular weight excluding hydrogens is 320 g/mol. The Balaban J connectivity index is 2.30. The van der Waals surface area contributed by atoms with Crippen molar-refractivity contribution in [1.29, 1.82) is 0 Å². The molecule has 0 radical (unpaired) electrons. The maximum absolute atomic E-state index is 12.2. The van der Waals surface area contributed by atoms with Crippen molar-refractivity contribution in [2.24, 2.45) is 0 Å². The predicted octanol–water partition coefficient (Wildman–Crippen LogP) is 3.78. The molecule has 0 unspecified atom stereocenters. The predicted molar refractivity (Wildman–Crippen MR) is 86.0 cm³/mol. The molecule has 0 spiro atoms. The van der Waals surface area contributed by atoms with Crippen molar-refractivity contribution in [3.63, 3.8) is 0 Å². The fraction of sp³-hybridized carbons (Fsp3) is 0.176. The van der Waals surface area contributed by atoms with Crippen molar-refractivity contribution in [1.82, 2.24) is 0 Å². The van der Waals surface area contributed by atoms with Gasteiger partial charge in [0.2, 0.25) is 0 Å². The van der Waals surface area contributed by atoms with E-state index in [1.165, 1.54) is 19.2 Å². The maximum atomic E-state index is 12.2. The summed E-state index contributed by atoms with van der Waals surface area (Å²) in [5.41, 5.74) is 0.673. The van der Waals surface area contributed by atoms with Crippen LogP contribution in [0.15, 0.2) is 36.4 Å². The number of hydrogen-bond acceptors (Lipinski definition) is 5. The SMILES string of the molecule is CCOc1cc(C=O)cc(Cl)c1OC(=O)c1ccc(OC)cc1. The van der Waals surface area contributed by atoms with E-state index < -0.39 is 5.97 Å². The van der Waals surface area contributed by atoms with E-state index in [4.69, 9.17) is 25.8 Å². The molecule has 2 aromatic carbocycles. The summed E-state index contributed by atoms with van der Waals surface area (Å²) in [5, 5.41) is 0.125. The first kappa shape index (κ1) is 16.8. The zero-order chi connectivity index (χ0) is 16.8. The zero-order valence-corrected chi connectivity index (χ0v) is 13.4. The molecule has 2 rings (SSSR count). The van der Waals surface area contributed by atoms with Gasteiger partial charge < -0.3 is 14.2 Å². The van der Waals surface area contributed by atoms with Crippen LogP contribution in [-0.2, 0) is 0 Å². The van der Waals surface area contributed by atoms with Gasteiger partial charge in [-0.05, 0) is 43.3 Å². The smallest absolute Gasteiger partial charge is 0.343 e. The minimum absolute atomic E-state index is 0.0833. The van der Waals surface area contributed by atoms with E-state index in [0.717, 1.165) is 0 Å². The Hall–Kier alpha value is -2.53. The summed E-state index contributed by atoms with van der Waals surface area (Å²) in [4.78, 5) is 23.1. The molecule has 0 heterocycles. The number of carbonyl (C=O) groups is 2. The number of methoxy groups -OCH3 is 1. The van der Waals surface area contributed by atoms with Crippen molar-refractivity contribution in [2.75, 3.05) is 13.7 Å². The highest BCUT2D eigenvalue weighted by Gasteiger charge is 2.17. The third-order valence-electron chi connectivity index (χ3n) is 2.99. The summed E-state index contributed by atoms with van der Waals surface area (Å²) in [6, 6.07) is 9.34. The van der Waals surface area contributed by atoms with E-state index in [-0.39, 0.29) is 16.5 Å². The van der Waals surface area contributed by atoms with Gasteiger partial charge >= 0.3 is 5.97 Å². The third-order valence-corrected chi connectivity index (χ3v) is 3.27. The quantitative estimate of drug-likeness (QED) is 0.457. The van der Waals surface area contributed by atoms with Gasteiger partial charge in [-0.3, -0.25) is 4.79 Å². The first-order valence-electron chi connectivity index (χ1n) is 6.86. The van der Waals surface area contributed by atoms with E-state index in [1.807, 2.05) is 0 Å². The molecule has 0 N–H and O–H groups in total. The molecule has 0 aliphatic rings. The molecule has 2 aromatic rings. The Kier molecular flexibility index (Phi) is 5.60. The summed E-state index contributed by atoms with van der Waals surface area (Å²) in [5.74, 6) is 0.364. The minimum Gasteiger partial charge on any atom is -0.497 e. The third kappa shape index (κ3) is 4.02. The number of aldehydes is 1. The largest absolute Gasteiger partial charge is 0.497 e. The van der Waals surface area contributed by atoms with Gasteiger partial charge in [-0.1, -0.05) is 11.6 Å². The number of rotatable bonds is 6. The van der Waals surface area contributed by atoms with E-state index in [9.17, 15) is 9.59 Å². The van der Waals surface area contributed by atoms with Crippen LogP contribution in [0.4, 0.5) is 0 Å².